The molecule has 0 unspecified atom stereocenters. The number of halogens is 1. The highest BCUT2D eigenvalue weighted by atomic mass is 127. The van der Waals surface area contributed by atoms with Gasteiger partial charge in [-0.25, -0.2) is 9.97 Å². The monoisotopic (exact) mass is 333 g/mol. The molecule has 1 aromatic rings. The van der Waals surface area contributed by atoms with E-state index in [4.69, 9.17) is 4.74 Å². The summed E-state index contributed by atoms with van der Waals surface area (Å²) in [7, 11) is 2.05. The predicted octanol–water partition coefficient (Wildman–Crippen LogP) is 1.94. The van der Waals surface area contributed by atoms with E-state index < -0.39 is 0 Å². The van der Waals surface area contributed by atoms with Crippen molar-refractivity contribution in [1.29, 1.82) is 0 Å². The number of ether oxygens (including phenoxy) is 1. The fourth-order valence-corrected chi connectivity index (χ4v) is 2.18. The first-order valence-corrected chi connectivity index (χ1v) is 6.60. The smallest absolute Gasteiger partial charge is 0.225 e. The maximum atomic E-state index is 5.35. The van der Waals surface area contributed by atoms with Gasteiger partial charge in [0.2, 0.25) is 5.95 Å². The van der Waals surface area contributed by atoms with Gasteiger partial charge in [0.05, 0.1) is 0 Å². The molecule has 0 atom stereocenters. The van der Waals surface area contributed by atoms with E-state index in [2.05, 4.69) is 44.5 Å². The summed E-state index contributed by atoms with van der Waals surface area (Å²) in [5.74, 6) is 1.52. The van der Waals surface area contributed by atoms with Crippen LogP contribution in [0, 0.1) is 9.49 Å². The zero-order chi connectivity index (χ0) is 11.4. The molecule has 0 bridgehead atoms. The molecule has 88 valence electrons. The molecule has 0 saturated carbocycles. The lowest BCUT2D eigenvalue weighted by atomic mass is 10.0. The van der Waals surface area contributed by atoms with Crippen LogP contribution >= 0.6 is 22.6 Å². The first kappa shape index (κ1) is 12.0. The Morgan fingerprint density at radius 2 is 2.00 bits per heavy atom. The third-order valence-corrected chi connectivity index (χ3v) is 3.38. The van der Waals surface area contributed by atoms with E-state index in [0.29, 0.717) is 5.92 Å². The summed E-state index contributed by atoms with van der Waals surface area (Å²) >= 11 is 2.22. The molecule has 0 aliphatic carbocycles. The molecule has 5 heteroatoms. The van der Waals surface area contributed by atoms with Gasteiger partial charge in [0, 0.05) is 42.8 Å². The Kier molecular flexibility index (Phi) is 4.34. The Labute approximate surface area is 110 Å². The van der Waals surface area contributed by atoms with E-state index in [0.717, 1.165) is 42.1 Å². The van der Waals surface area contributed by atoms with Gasteiger partial charge in [-0.15, -0.1) is 0 Å². The van der Waals surface area contributed by atoms with Crippen molar-refractivity contribution >= 4 is 28.5 Å². The molecule has 2 heterocycles. The molecule has 1 aliphatic rings. The van der Waals surface area contributed by atoms with Crippen molar-refractivity contribution < 1.29 is 4.74 Å². The second kappa shape index (κ2) is 5.77. The van der Waals surface area contributed by atoms with Gasteiger partial charge >= 0.3 is 0 Å². The summed E-state index contributed by atoms with van der Waals surface area (Å²) in [5, 5.41) is 0. The number of aromatic nitrogens is 2. The lowest BCUT2D eigenvalue weighted by Crippen LogP contribution is -2.30. The van der Waals surface area contributed by atoms with Crippen LogP contribution < -0.4 is 4.90 Å². The topological polar surface area (TPSA) is 38.2 Å². The van der Waals surface area contributed by atoms with Gasteiger partial charge in [0.25, 0.3) is 0 Å². The van der Waals surface area contributed by atoms with E-state index in [9.17, 15) is 0 Å². The number of hydrogen-bond acceptors (Lipinski definition) is 4. The molecule has 16 heavy (non-hydrogen) atoms. The molecule has 2 rings (SSSR count). The Morgan fingerprint density at radius 1 is 1.38 bits per heavy atom. The molecule has 0 amide bonds. The fourth-order valence-electron chi connectivity index (χ4n) is 1.90. The van der Waals surface area contributed by atoms with E-state index >= 15 is 0 Å². The molecule has 4 nitrogen and oxygen atoms in total. The van der Waals surface area contributed by atoms with Crippen LogP contribution in [0.1, 0.15) is 12.8 Å². The van der Waals surface area contributed by atoms with Crippen LogP contribution in [0.3, 0.4) is 0 Å². The van der Waals surface area contributed by atoms with Crippen molar-refractivity contribution in [3.05, 3.63) is 16.0 Å². The zero-order valence-electron chi connectivity index (χ0n) is 9.40. The van der Waals surface area contributed by atoms with Crippen LogP contribution in [0.5, 0.6) is 0 Å². The Morgan fingerprint density at radius 3 is 2.62 bits per heavy atom. The lowest BCUT2D eigenvalue weighted by molar-refractivity contribution is 0.0684. The highest BCUT2D eigenvalue weighted by Gasteiger charge is 2.16. The van der Waals surface area contributed by atoms with Crippen molar-refractivity contribution in [2.45, 2.75) is 12.8 Å². The minimum Gasteiger partial charge on any atom is -0.381 e. The van der Waals surface area contributed by atoms with Crippen LogP contribution in [0.15, 0.2) is 12.4 Å². The molecular weight excluding hydrogens is 317 g/mol. The van der Waals surface area contributed by atoms with Gasteiger partial charge in [-0.3, -0.25) is 0 Å². The normalized spacial score (nSPS) is 17.4. The van der Waals surface area contributed by atoms with Crippen LogP contribution in [-0.4, -0.2) is 36.8 Å². The number of nitrogens with zero attached hydrogens (tertiary/aromatic N) is 3. The molecule has 1 aromatic heterocycles. The number of anilines is 1. The Balaban J connectivity index is 1.91. The van der Waals surface area contributed by atoms with Crippen molar-refractivity contribution in [3.8, 4) is 0 Å². The third kappa shape index (κ3) is 3.28. The third-order valence-electron chi connectivity index (χ3n) is 2.82. The maximum Gasteiger partial charge on any atom is 0.225 e. The van der Waals surface area contributed by atoms with E-state index in [1.807, 2.05) is 12.4 Å². The average Bonchev–Trinajstić information content (AvgIpc) is 2.31. The summed E-state index contributed by atoms with van der Waals surface area (Å²) in [6, 6.07) is 0. The summed E-state index contributed by atoms with van der Waals surface area (Å²) in [6.07, 6.45) is 6.00. The van der Waals surface area contributed by atoms with Gasteiger partial charge < -0.3 is 9.64 Å². The molecule has 0 spiro atoms. The quantitative estimate of drug-likeness (QED) is 0.793. The first-order valence-electron chi connectivity index (χ1n) is 5.52. The van der Waals surface area contributed by atoms with Gasteiger partial charge in [0.15, 0.2) is 0 Å². The van der Waals surface area contributed by atoms with Crippen molar-refractivity contribution in [2.24, 2.45) is 5.92 Å². The molecule has 1 saturated heterocycles. The highest BCUT2D eigenvalue weighted by molar-refractivity contribution is 14.1. The van der Waals surface area contributed by atoms with Crippen LogP contribution in [0.2, 0.25) is 0 Å². The molecule has 0 aromatic carbocycles. The van der Waals surface area contributed by atoms with Gasteiger partial charge in [-0.1, -0.05) is 0 Å². The maximum absolute atomic E-state index is 5.35. The van der Waals surface area contributed by atoms with Crippen molar-refractivity contribution in [2.75, 3.05) is 31.7 Å². The van der Waals surface area contributed by atoms with E-state index in [-0.39, 0.29) is 0 Å². The number of rotatable bonds is 3. The minimum atomic E-state index is 0.710. The average molecular weight is 333 g/mol. The highest BCUT2D eigenvalue weighted by Crippen LogP contribution is 2.17. The molecule has 0 N–H and O–H groups in total. The number of hydrogen-bond donors (Lipinski definition) is 0. The Bertz CT molecular complexity index is 325. The minimum absolute atomic E-state index is 0.710. The zero-order valence-corrected chi connectivity index (χ0v) is 11.6. The van der Waals surface area contributed by atoms with Crippen LogP contribution in [0.4, 0.5) is 5.95 Å². The van der Waals surface area contributed by atoms with Gasteiger partial charge in [0.1, 0.15) is 0 Å². The summed E-state index contributed by atoms with van der Waals surface area (Å²) < 4.78 is 6.42. The molecule has 1 aliphatic heterocycles. The van der Waals surface area contributed by atoms with Crippen molar-refractivity contribution in [3.63, 3.8) is 0 Å². The van der Waals surface area contributed by atoms with E-state index in [1.54, 1.807) is 0 Å². The summed E-state index contributed by atoms with van der Waals surface area (Å²) in [6.45, 7) is 2.81. The molecular formula is C11H16IN3O. The van der Waals surface area contributed by atoms with Crippen molar-refractivity contribution in [1.82, 2.24) is 9.97 Å². The molecule has 1 fully saturated rings. The fraction of sp³-hybridized carbons (Fsp3) is 0.636. The summed E-state index contributed by atoms with van der Waals surface area (Å²) in [4.78, 5) is 10.8. The van der Waals surface area contributed by atoms with Gasteiger partial charge in [-0.2, -0.15) is 0 Å². The Hall–Kier alpha value is -0.430. The van der Waals surface area contributed by atoms with Crippen LogP contribution in [-0.2, 0) is 4.74 Å². The second-order valence-electron chi connectivity index (χ2n) is 4.14. The first-order chi connectivity index (χ1) is 7.75. The molecule has 0 radical (unpaired) electrons. The van der Waals surface area contributed by atoms with E-state index in [1.165, 1.54) is 0 Å². The SMILES string of the molecule is CN(CC1CCOCC1)c1ncc(I)cn1. The standard InChI is InChI=1S/C11H16IN3O/c1-15(8-9-2-4-16-5-3-9)11-13-6-10(12)7-14-11/h6-7,9H,2-5,8H2,1H3. The van der Waals surface area contributed by atoms with Crippen LogP contribution in [0.25, 0.3) is 0 Å². The van der Waals surface area contributed by atoms with Gasteiger partial charge in [-0.05, 0) is 41.4 Å². The second-order valence-corrected chi connectivity index (χ2v) is 5.38. The largest absolute Gasteiger partial charge is 0.381 e. The summed E-state index contributed by atoms with van der Waals surface area (Å²) in [5.41, 5.74) is 0. The lowest BCUT2D eigenvalue weighted by Gasteiger charge is -2.27. The predicted molar refractivity (Wildman–Crippen MR) is 71.6 cm³/mol.